The van der Waals surface area contributed by atoms with Gasteiger partial charge < -0.3 is 20.3 Å². The van der Waals surface area contributed by atoms with Crippen molar-refractivity contribution in [1.29, 1.82) is 0 Å². The van der Waals surface area contributed by atoms with Crippen molar-refractivity contribution >= 4 is 16.6 Å². The number of benzene rings is 1. The summed E-state index contributed by atoms with van der Waals surface area (Å²) in [6, 6.07) is 6.59. The van der Waals surface area contributed by atoms with Gasteiger partial charge in [-0.2, -0.15) is 0 Å². The third-order valence-corrected chi connectivity index (χ3v) is 5.63. The Bertz CT molecular complexity index is 735. The number of pyridine rings is 1. The zero-order valence-electron chi connectivity index (χ0n) is 15.1. The van der Waals surface area contributed by atoms with Gasteiger partial charge in [-0.05, 0) is 62.5 Å². The van der Waals surface area contributed by atoms with Crippen molar-refractivity contribution in [1.82, 2.24) is 9.88 Å². The topological polar surface area (TPSA) is 54.6 Å². The standard InChI is InChI=1S/C20H28N4O/c1-25-17-4-5-19-18(13-17)20-15(14-22-19)3-2-8-24(20)12-11-23-9-6-16(21)7-10-23/h4-5,13-14,16H,2-3,6-12,21H2,1H3. The lowest BCUT2D eigenvalue weighted by atomic mass is 9.99. The van der Waals surface area contributed by atoms with E-state index in [0.29, 0.717) is 6.04 Å². The summed E-state index contributed by atoms with van der Waals surface area (Å²) >= 11 is 0. The van der Waals surface area contributed by atoms with E-state index in [4.69, 9.17) is 10.5 Å². The minimum absolute atomic E-state index is 0.398. The molecule has 0 radical (unpaired) electrons. The average Bonchev–Trinajstić information content (AvgIpc) is 2.66. The Morgan fingerprint density at radius 1 is 1.20 bits per heavy atom. The van der Waals surface area contributed by atoms with E-state index in [0.717, 1.165) is 63.3 Å². The molecule has 5 heteroatoms. The highest BCUT2D eigenvalue weighted by atomic mass is 16.5. The van der Waals surface area contributed by atoms with Crippen LogP contribution in [0.2, 0.25) is 0 Å². The Balaban J connectivity index is 1.58. The number of anilines is 1. The lowest BCUT2D eigenvalue weighted by molar-refractivity contribution is 0.217. The van der Waals surface area contributed by atoms with Gasteiger partial charge in [0, 0.05) is 37.3 Å². The van der Waals surface area contributed by atoms with Crippen molar-refractivity contribution in [3.05, 3.63) is 30.0 Å². The number of aromatic nitrogens is 1. The molecule has 4 rings (SSSR count). The highest BCUT2D eigenvalue weighted by Crippen LogP contribution is 2.35. The van der Waals surface area contributed by atoms with Crippen LogP contribution < -0.4 is 15.4 Å². The molecule has 0 amide bonds. The second-order valence-corrected chi connectivity index (χ2v) is 7.28. The molecule has 1 aromatic carbocycles. The Morgan fingerprint density at radius 3 is 2.84 bits per heavy atom. The van der Waals surface area contributed by atoms with Gasteiger partial charge in [0.25, 0.3) is 0 Å². The van der Waals surface area contributed by atoms with Crippen molar-refractivity contribution in [2.24, 2.45) is 5.73 Å². The maximum atomic E-state index is 6.03. The van der Waals surface area contributed by atoms with Gasteiger partial charge in [0.2, 0.25) is 0 Å². The van der Waals surface area contributed by atoms with Crippen LogP contribution in [0.1, 0.15) is 24.8 Å². The molecular formula is C20H28N4O. The largest absolute Gasteiger partial charge is 0.497 e. The summed E-state index contributed by atoms with van der Waals surface area (Å²) in [5.74, 6) is 0.901. The molecule has 0 atom stereocenters. The Kier molecular flexibility index (Phi) is 4.77. The smallest absolute Gasteiger partial charge is 0.119 e. The minimum atomic E-state index is 0.398. The molecule has 134 valence electrons. The van der Waals surface area contributed by atoms with Crippen LogP contribution in [0.25, 0.3) is 10.9 Å². The number of ether oxygens (including phenoxy) is 1. The number of methoxy groups -OCH3 is 1. The second-order valence-electron chi connectivity index (χ2n) is 7.28. The van der Waals surface area contributed by atoms with E-state index in [1.54, 1.807) is 7.11 Å². The van der Waals surface area contributed by atoms with E-state index < -0.39 is 0 Å². The molecule has 5 nitrogen and oxygen atoms in total. The van der Waals surface area contributed by atoms with Gasteiger partial charge in [0.05, 0.1) is 18.3 Å². The number of nitrogens with zero attached hydrogens (tertiary/aromatic N) is 3. The molecule has 25 heavy (non-hydrogen) atoms. The predicted octanol–water partition coefficient (Wildman–Crippen LogP) is 2.42. The maximum Gasteiger partial charge on any atom is 0.119 e. The van der Waals surface area contributed by atoms with E-state index in [-0.39, 0.29) is 0 Å². The fourth-order valence-electron chi connectivity index (χ4n) is 4.12. The highest BCUT2D eigenvalue weighted by molar-refractivity contribution is 5.94. The van der Waals surface area contributed by atoms with Crippen LogP contribution in [0.5, 0.6) is 5.75 Å². The van der Waals surface area contributed by atoms with Gasteiger partial charge in [-0.15, -0.1) is 0 Å². The number of hydrogen-bond donors (Lipinski definition) is 1. The molecule has 0 saturated carbocycles. The van der Waals surface area contributed by atoms with Crippen LogP contribution in [-0.4, -0.2) is 55.8 Å². The van der Waals surface area contributed by atoms with Crippen LogP contribution in [0.4, 0.5) is 5.69 Å². The zero-order chi connectivity index (χ0) is 17.2. The number of fused-ring (bicyclic) bond motifs is 3. The number of likely N-dealkylation sites (tertiary alicyclic amines) is 1. The molecule has 0 aliphatic carbocycles. The first-order valence-electron chi connectivity index (χ1n) is 9.43. The maximum absolute atomic E-state index is 6.03. The van der Waals surface area contributed by atoms with Gasteiger partial charge in [-0.3, -0.25) is 4.98 Å². The van der Waals surface area contributed by atoms with E-state index in [2.05, 4.69) is 33.1 Å². The van der Waals surface area contributed by atoms with Gasteiger partial charge >= 0.3 is 0 Å². The molecule has 0 bridgehead atoms. The molecule has 2 aromatic rings. The molecule has 0 spiro atoms. The predicted molar refractivity (Wildman–Crippen MR) is 102 cm³/mol. The molecule has 0 unspecified atom stereocenters. The van der Waals surface area contributed by atoms with Gasteiger partial charge in [0.1, 0.15) is 5.75 Å². The molecule has 2 aliphatic rings. The summed E-state index contributed by atoms with van der Waals surface area (Å²) in [5.41, 5.74) is 9.82. The van der Waals surface area contributed by atoms with Gasteiger partial charge in [-0.1, -0.05) is 0 Å². The summed E-state index contributed by atoms with van der Waals surface area (Å²) in [7, 11) is 1.73. The normalized spacial score (nSPS) is 19.2. The summed E-state index contributed by atoms with van der Waals surface area (Å²) in [6.45, 7) is 5.56. The third-order valence-electron chi connectivity index (χ3n) is 5.63. The Morgan fingerprint density at radius 2 is 2.04 bits per heavy atom. The van der Waals surface area contributed by atoms with Crippen LogP contribution in [0.3, 0.4) is 0 Å². The first-order chi connectivity index (χ1) is 12.2. The minimum Gasteiger partial charge on any atom is -0.497 e. The molecular weight excluding hydrogens is 312 g/mol. The fourth-order valence-corrected chi connectivity index (χ4v) is 4.12. The summed E-state index contributed by atoms with van der Waals surface area (Å²) in [5, 5.41) is 1.22. The molecule has 3 heterocycles. The number of rotatable bonds is 4. The highest BCUT2D eigenvalue weighted by Gasteiger charge is 2.22. The summed E-state index contributed by atoms with van der Waals surface area (Å²) < 4.78 is 5.45. The Labute approximate surface area is 149 Å². The van der Waals surface area contributed by atoms with E-state index in [1.807, 2.05) is 6.07 Å². The third kappa shape index (κ3) is 3.44. The van der Waals surface area contributed by atoms with Crippen LogP contribution in [0.15, 0.2) is 24.4 Å². The number of nitrogens with two attached hydrogens (primary N) is 1. The van der Waals surface area contributed by atoms with Crippen molar-refractivity contribution in [2.75, 3.05) is 44.7 Å². The summed E-state index contributed by atoms with van der Waals surface area (Å²) in [4.78, 5) is 9.77. The van der Waals surface area contributed by atoms with Crippen LogP contribution in [0, 0.1) is 0 Å². The van der Waals surface area contributed by atoms with Crippen LogP contribution >= 0.6 is 0 Å². The van der Waals surface area contributed by atoms with E-state index in [1.165, 1.54) is 23.1 Å². The molecule has 1 fully saturated rings. The van der Waals surface area contributed by atoms with Crippen molar-refractivity contribution < 1.29 is 4.74 Å². The quantitative estimate of drug-likeness (QED) is 0.926. The van der Waals surface area contributed by atoms with Gasteiger partial charge in [0.15, 0.2) is 0 Å². The zero-order valence-corrected chi connectivity index (χ0v) is 15.1. The second kappa shape index (κ2) is 7.18. The number of hydrogen-bond acceptors (Lipinski definition) is 5. The molecule has 2 N–H and O–H groups in total. The van der Waals surface area contributed by atoms with Crippen molar-refractivity contribution in [3.8, 4) is 5.75 Å². The van der Waals surface area contributed by atoms with Crippen molar-refractivity contribution in [2.45, 2.75) is 31.7 Å². The average molecular weight is 340 g/mol. The molecule has 1 saturated heterocycles. The SMILES string of the molecule is COc1ccc2ncc3c(c2c1)N(CCN1CCC(N)CC1)CCC3. The number of aryl methyl sites for hydroxylation is 1. The number of piperidine rings is 1. The van der Waals surface area contributed by atoms with Crippen LogP contribution in [-0.2, 0) is 6.42 Å². The van der Waals surface area contributed by atoms with Gasteiger partial charge in [-0.25, -0.2) is 0 Å². The lowest BCUT2D eigenvalue weighted by Gasteiger charge is -2.36. The lowest BCUT2D eigenvalue weighted by Crippen LogP contribution is -2.44. The monoisotopic (exact) mass is 340 g/mol. The van der Waals surface area contributed by atoms with E-state index in [9.17, 15) is 0 Å². The fraction of sp³-hybridized carbons (Fsp3) is 0.550. The van der Waals surface area contributed by atoms with E-state index >= 15 is 0 Å². The van der Waals surface area contributed by atoms with Crippen molar-refractivity contribution in [3.63, 3.8) is 0 Å². The first-order valence-corrected chi connectivity index (χ1v) is 9.43. The Hall–Kier alpha value is -1.85. The molecule has 2 aliphatic heterocycles. The first kappa shape index (κ1) is 16.6. The molecule has 1 aromatic heterocycles. The summed E-state index contributed by atoms with van der Waals surface area (Å²) in [6.07, 6.45) is 6.64.